The molecule has 84 valence electrons. The molecule has 3 N–H and O–H groups in total. The van der Waals surface area contributed by atoms with E-state index in [0.717, 1.165) is 0 Å². The first-order valence-corrected chi connectivity index (χ1v) is 4.34. The molecular weight excluding hydrogens is 204 g/mol. The Bertz CT molecular complexity index is 303. The van der Waals surface area contributed by atoms with Crippen molar-refractivity contribution in [2.45, 2.75) is 18.4 Å². The maximum absolute atomic E-state index is 11.4. The molecule has 0 bridgehead atoms. The van der Waals surface area contributed by atoms with E-state index in [1.165, 1.54) is 7.11 Å². The van der Waals surface area contributed by atoms with Crippen molar-refractivity contribution in [3.63, 3.8) is 0 Å². The number of amides is 3. The van der Waals surface area contributed by atoms with Gasteiger partial charge < -0.3 is 15.2 Å². The summed E-state index contributed by atoms with van der Waals surface area (Å²) in [7, 11) is 1.38. The zero-order valence-corrected chi connectivity index (χ0v) is 8.20. The van der Waals surface area contributed by atoms with Crippen LogP contribution >= 0.6 is 0 Å². The van der Waals surface area contributed by atoms with Crippen LogP contribution in [0.3, 0.4) is 0 Å². The van der Waals surface area contributed by atoms with Gasteiger partial charge in [-0.3, -0.25) is 14.9 Å². The van der Waals surface area contributed by atoms with Crippen LogP contribution in [-0.4, -0.2) is 42.3 Å². The van der Waals surface area contributed by atoms with Gasteiger partial charge in [-0.15, -0.1) is 0 Å². The van der Waals surface area contributed by atoms with E-state index in [2.05, 4.69) is 10.6 Å². The molecule has 1 saturated heterocycles. The SMILES string of the molecule is COCC1(CCC(=O)O)NC(=O)NC1=O. The minimum atomic E-state index is -1.25. The number of ether oxygens (including phenoxy) is 1. The lowest BCUT2D eigenvalue weighted by Gasteiger charge is -2.23. The van der Waals surface area contributed by atoms with Crippen LogP contribution in [0.4, 0.5) is 4.79 Å². The van der Waals surface area contributed by atoms with E-state index in [-0.39, 0.29) is 19.4 Å². The van der Waals surface area contributed by atoms with Crippen LogP contribution in [0.15, 0.2) is 0 Å². The minimum Gasteiger partial charge on any atom is -0.481 e. The summed E-state index contributed by atoms with van der Waals surface area (Å²) in [6, 6.07) is -0.623. The van der Waals surface area contributed by atoms with Crippen molar-refractivity contribution in [2.24, 2.45) is 0 Å². The molecule has 3 amide bonds. The maximum Gasteiger partial charge on any atom is 0.322 e. The van der Waals surface area contributed by atoms with Crippen LogP contribution in [0, 0.1) is 0 Å². The van der Waals surface area contributed by atoms with Gasteiger partial charge in [0.1, 0.15) is 5.54 Å². The number of hydrogen-bond acceptors (Lipinski definition) is 4. The normalized spacial score (nSPS) is 24.9. The molecule has 1 aliphatic rings. The molecule has 0 spiro atoms. The highest BCUT2D eigenvalue weighted by Crippen LogP contribution is 2.18. The number of carbonyl (C=O) groups is 3. The van der Waals surface area contributed by atoms with E-state index in [1.54, 1.807) is 0 Å². The van der Waals surface area contributed by atoms with Gasteiger partial charge in [0.25, 0.3) is 5.91 Å². The lowest BCUT2D eigenvalue weighted by atomic mass is 9.94. The standard InChI is InChI=1S/C8H12N2O5/c1-15-4-8(3-2-5(11)12)6(13)9-7(14)10-8/h2-4H2,1H3,(H,11,12)(H2,9,10,13,14). The lowest BCUT2D eigenvalue weighted by Crippen LogP contribution is -2.51. The van der Waals surface area contributed by atoms with Crippen molar-refractivity contribution in [1.82, 2.24) is 10.6 Å². The van der Waals surface area contributed by atoms with Crippen molar-refractivity contribution in [3.8, 4) is 0 Å². The predicted molar refractivity (Wildman–Crippen MR) is 48.2 cm³/mol. The molecule has 0 aromatic carbocycles. The molecular formula is C8H12N2O5. The average Bonchev–Trinajstić information content (AvgIpc) is 2.40. The van der Waals surface area contributed by atoms with Crippen molar-refractivity contribution in [1.29, 1.82) is 0 Å². The van der Waals surface area contributed by atoms with Crippen LogP contribution in [0.5, 0.6) is 0 Å². The van der Waals surface area contributed by atoms with Crippen molar-refractivity contribution in [3.05, 3.63) is 0 Å². The van der Waals surface area contributed by atoms with Crippen molar-refractivity contribution >= 4 is 17.9 Å². The molecule has 15 heavy (non-hydrogen) atoms. The summed E-state index contributed by atoms with van der Waals surface area (Å²) in [6.07, 6.45) is -0.204. The highest BCUT2D eigenvalue weighted by atomic mass is 16.5. The Labute approximate surface area is 85.8 Å². The van der Waals surface area contributed by atoms with Crippen LogP contribution in [0.25, 0.3) is 0 Å². The van der Waals surface area contributed by atoms with E-state index in [4.69, 9.17) is 9.84 Å². The number of rotatable bonds is 5. The van der Waals surface area contributed by atoms with Crippen molar-refractivity contribution in [2.75, 3.05) is 13.7 Å². The highest BCUT2D eigenvalue weighted by Gasteiger charge is 2.46. The molecule has 0 aromatic rings. The molecule has 1 heterocycles. The third-order valence-electron chi connectivity index (χ3n) is 2.17. The number of aliphatic carboxylic acids is 1. The zero-order chi connectivity index (χ0) is 11.5. The third-order valence-corrected chi connectivity index (χ3v) is 2.17. The van der Waals surface area contributed by atoms with Gasteiger partial charge in [0.15, 0.2) is 0 Å². The van der Waals surface area contributed by atoms with Gasteiger partial charge in [-0.2, -0.15) is 0 Å². The number of carbonyl (C=O) groups excluding carboxylic acids is 2. The third kappa shape index (κ3) is 2.44. The summed E-state index contributed by atoms with van der Waals surface area (Å²) in [5.74, 6) is -1.57. The van der Waals surface area contributed by atoms with E-state index in [1.807, 2.05) is 0 Å². The Morgan fingerprint density at radius 2 is 2.20 bits per heavy atom. The molecule has 1 unspecified atom stereocenters. The van der Waals surface area contributed by atoms with Gasteiger partial charge in [0.05, 0.1) is 6.61 Å². The number of hydrogen-bond donors (Lipinski definition) is 3. The highest BCUT2D eigenvalue weighted by molar-refractivity contribution is 6.07. The maximum atomic E-state index is 11.4. The van der Waals surface area contributed by atoms with E-state index >= 15 is 0 Å². The van der Waals surface area contributed by atoms with Gasteiger partial charge in [-0.1, -0.05) is 0 Å². The number of nitrogens with one attached hydrogen (secondary N) is 2. The summed E-state index contributed by atoms with van der Waals surface area (Å²) in [5.41, 5.74) is -1.25. The van der Waals surface area contributed by atoms with E-state index in [9.17, 15) is 14.4 Å². The number of methoxy groups -OCH3 is 1. The molecule has 1 rings (SSSR count). The Morgan fingerprint density at radius 1 is 1.53 bits per heavy atom. The van der Waals surface area contributed by atoms with Gasteiger partial charge in [-0.05, 0) is 6.42 Å². The van der Waals surface area contributed by atoms with Gasteiger partial charge in [0, 0.05) is 13.5 Å². The zero-order valence-electron chi connectivity index (χ0n) is 8.20. The quantitative estimate of drug-likeness (QED) is 0.515. The molecule has 0 aliphatic carbocycles. The minimum absolute atomic E-state index is 0.00769. The van der Waals surface area contributed by atoms with Gasteiger partial charge in [0.2, 0.25) is 0 Å². The largest absolute Gasteiger partial charge is 0.481 e. The fraction of sp³-hybridized carbons (Fsp3) is 0.625. The second kappa shape index (κ2) is 4.26. The lowest BCUT2D eigenvalue weighted by molar-refractivity contribution is -0.138. The van der Waals surface area contributed by atoms with Gasteiger partial charge in [-0.25, -0.2) is 4.79 Å². The number of carboxylic acid groups (broad SMARTS) is 1. The molecule has 7 heteroatoms. The van der Waals surface area contributed by atoms with Crippen LogP contribution < -0.4 is 10.6 Å². The topological polar surface area (TPSA) is 105 Å². The van der Waals surface area contributed by atoms with Crippen LogP contribution in [0.1, 0.15) is 12.8 Å². The smallest absolute Gasteiger partial charge is 0.322 e. The van der Waals surface area contributed by atoms with Crippen LogP contribution in [-0.2, 0) is 14.3 Å². The molecule has 7 nitrogen and oxygen atoms in total. The Kier molecular flexibility index (Phi) is 3.25. The summed E-state index contributed by atoms with van der Waals surface area (Å²) >= 11 is 0. The van der Waals surface area contributed by atoms with Crippen molar-refractivity contribution < 1.29 is 24.2 Å². The average molecular weight is 216 g/mol. The molecule has 1 atom stereocenters. The number of imide groups is 1. The fourth-order valence-corrected chi connectivity index (χ4v) is 1.44. The summed E-state index contributed by atoms with van der Waals surface area (Å²) < 4.78 is 4.81. The summed E-state index contributed by atoms with van der Waals surface area (Å²) in [4.78, 5) is 32.8. The second-order valence-electron chi connectivity index (χ2n) is 3.32. The molecule has 0 aromatic heterocycles. The first-order chi connectivity index (χ1) is 7.00. The van der Waals surface area contributed by atoms with E-state index < -0.39 is 23.4 Å². The van der Waals surface area contributed by atoms with E-state index in [0.29, 0.717) is 0 Å². The first kappa shape index (κ1) is 11.4. The predicted octanol–water partition coefficient (Wildman–Crippen LogP) is -0.924. The fourth-order valence-electron chi connectivity index (χ4n) is 1.44. The Balaban J connectivity index is 2.74. The monoisotopic (exact) mass is 216 g/mol. The summed E-state index contributed by atoms with van der Waals surface area (Å²) in [5, 5.41) is 13.0. The molecule has 1 aliphatic heterocycles. The summed E-state index contributed by atoms with van der Waals surface area (Å²) in [6.45, 7) is -0.0438. The molecule has 0 saturated carbocycles. The van der Waals surface area contributed by atoms with Gasteiger partial charge >= 0.3 is 12.0 Å². The Morgan fingerprint density at radius 3 is 2.60 bits per heavy atom. The second-order valence-corrected chi connectivity index (χ2v) is 3.32. The molecule has 0 radical (unpaired) electrons. The number of urea groups is 1. The number of carboxylic acids is 1. The van der Waals surface area contributed by atoms with Crippen LogP contribution in [0.2, 0.25) is 0 Å². The Hall–Kier alpha value is -1.63. The molecule has 1 fully saturated rings. The first-order valence-electron chi connectivity index (χ1n) is 4.34.